The quantitative estimate of drug-likeness (QED) is 0.697. The minimum atomic E-state index is -0.142. The summed E-state index contributed by atoms with van der Waals surface area (Å²) in [5, 5.41) is 7.53. The second-order valence-corrected chi connectivity index (χ2v) is 7.66. The van der Waals surface area contributed by atoms with Crippen molar-refractivity contribution in [2.75, 3.05) is 32.8 Å². The highest BCUT2D eigenvalue weighted by Gasteiger charge is 2.25. The highest BCUT2D eigenvalue weighted by Crippen LogP contribution is 2.20. The molecule has 1 amide bonds. The average Bonchev–Trinajstić information content (AvgIpc) is 3.19. The normalized spacial score (nSPS) is 16.2. The predicted molar refractivity (Wildman–Crippen MR) is 112 cm³/mol. The van der Waals surface area contributed by atoms with Gasteiger partial charge < -0.3 is 10.1 Å². The highest BCUT2D eigenvalue weighted by molar-refractivity contribution is 5.99. The summed E-state index contributed by atoms with van der Waals surface area (Å²) in [6.07, 6.45) is 3.32. The van der Waals surface area contributed by atoms with Gasteiger partial charge in [0, 0.05) is 37.4 Å². The van der Waals surface area contributed by atoms with E-state index < -0.39 is 0 Å². The zero-order chi connectivity index (χ0) is 20.2. The summed E-state index contributed by atoms with van der Waals surface area (Å²) >= 11 is 0. The third-order valence-electron chi connectivity index (χ3n) is 5.47. The predicted octanol–water partition coefficient (Wildman–Crippen LogP) is 2.48. The Morgan fingerprint density at radius 1 is 1.17 bits per heavy atom. The topological polar surface area (TPSA) is 71.8 Å². The first kappa shape index (κ1) is 19.5. The van der Waals surface area contributed by atoms with Gasteiger partial charge in [-0.05, 0) is 12.0 Å². The highest BCUT2D eigenvalue weighted by atomic mass is 16.5. The third kappa shape index (κ3) is 4.16. The van der Waals surface area contributed by atoms with E-state index in [0.29, 0.717) is 23.7 Å². The molecule has 1 aliphatic heterocycles. The van der Waals surface area contributed by atoms with Crippen LogP contribution in [0.15, 0.2) is 48.8 Å². The number of morpholine rings is 1. The van der Waals surface area contributed by atoms with Crippen LogP contribution in [0.1, 0.15) is 24.2 Å². The molecule has 4 rings (SSSR count). The molecule has 1 saturated heterocycles. The standard InChI is InChI=1S/C22H27N5O2/c1-16(2)20(26-10-12-29-13-11-26)15-24-22(28)18-14-25-27-19(8-9-23-21(18)27)17-6-4-3-5-7-17/h3-9,14,16,20H,10-13,15H2,1-2H3,(H,24,28). The lowest BCUT2D eigenvalue weighted by Gasteiger charge is -2.36. The van der Waals surface area contributed by atoms with Crippen molar-refractivity contribution in [2.24, 2.45) is 5.92 Å². The van der Waals surface area contributed by atoms with Gasteiger partial charge in [-0.15, -0.1) is 0 Å². The summed E-state index contributed by atoms with van der Waals surface area (Å²) in [4.78, 5) is 19.7. The summed E-state index contributed by atoms with van der Waals surface area (Å²) in [7, 11) is 0. The number of aromatic nitrogens is 3. The van der Waals surface area contributed by atoms with E-state index in [0.717, 1.165) is 37.6 Å². The van der Waals surface area contributed by atoms with Gasteiger partial charge in [0.15, 0.2) is 5.65 Å². The first-order valence-corrected chi connectivity index (χ1v) is 10.1. The molecule has 29 heavy (non-hydrogen) atoms. The van der Waals surface area contributed by atoms with E-state index in [4.69, 9.17) is 4.74 Å². The first-order valence-electron chi connectivity index (χ1n) is 10.1. The maximum absolute atomic E-state index is 12.9. The van der Waals surface area contributed by atoms with Crippen LogP contribution in [0.4, 0.5) is 0 Å². The summed E-state index contributed by atoms with van der Waals surface area (Å²) in [5.74, 6) is 0.289. The summed E-state index contributed by atoms with van der Waals surface area (Å²) < 4.78 is 7.19. The van der Waals surface area contributed by atoms with Crippen molar-refractivity contribution in [3.8, 4) is 11.3 Å². The van der Waals surface area contributed by atoms with Crippen LogP contribution in [0.2, 0.25) is 0 Å². The zero-order valence-corrected chi connectivity index (χ0v) is 16.9. The molecule has 1 aliphatic rings. The Kier molecular flexibility index (Phi) is 5.87. The van der Waals surface area contributed by atoms with Crippen LogP contribution in [0, 0.1) is 5.92 Å². The maximum atomic E-state index is 12.9. The van der Waals surface area contributed by atoms with Crippen LogP contribution < -0.4 is 5.32 Å². The van der Waals surface area contributed by atoms with Crippen LogP contribution in [0.5, 0.6) is 0 Å². The third-order valence-corrected chi connectivity index (χ3v) is 5.47. The van der Waals surface area contributed by atoms with Crippen molar-refractivity contribution < 1.29 is 9.53 Å². The number of carbonyl (C=O) groups is 1. The first-order chi connectivity index (χ1) is 14.1. The molecule has 0 spiro atoms. The summed E-state index contributed by atoms with van der Waals surface area (Å²) in [6, 6.07) is 12.2. The molecule has 0 bridgehead atoms. The summed E-state index contributed by atoms with van der Waals surface area (Å²) in [5.41, 5.74) is 2.99. The zero-order valence-electron chi connectivity index (χ0n) is 16.9. The lowest BCUT2D eigenvalue weighted by molar-refractivity contribution is 0.00673. The molecule has 7 nitrogen and oxygen atoms in total. The van der Waals surface area contributed by atoms with E-state index in [1.807, 2.05) is 36.4 Å². The number of rotatable bonds is 6. The van der Waals surface area contributed by atoms with E-state index in [9.17, 15) is 4.79 Å². The molecule has 2 aromatic heterocycles. The molecular formula is C22H27N5O2. The van der Waals surface area contributed by atoms with Crippen LogP contribution in [-0.4, -0.2) is 64.3 Å². The number of carbonyl (C=O) groups excluding carboxylic acids is 1. The van der Waals surface area contributed by atoms with Crippen LogP contribution in [0.3, 0.4) is 0 Å². The second-order valence-electron chi connectivity index (χ2n) is 7.66. The van der Waals surface area contributed by atoms with E-state index in [-0.39, 0.29) is 11.9 Å². The minimum Gasteiger partial charge on any atom is -0.379 e. The Morgan fingerprint density at radius 2 is 1.93 bits per heavy atom. The van der Waals surface area contributed by atoms with Gasteiger partial charge in [0.2, 0.25) is 0 Å². The van der Waals surface area contributed by atoms with Crippen LogP contribution in [-0.2, 0) is 4.74 Å². The van der Waals surface area contributed by atoms with Crippen LogP contribution in [0.25, 0.3) is 16.9 Å². The minimum absolute atomic E-state index is 0.142. The molecule has 1 N–H and O–H groups in total. The average molecular weight is 393 g/mol. The van der Waals surface area contributed by atoms with Crippen molar-refractivity contribution in [3.63, 3.8) is 0 Å². The van der Waals surface area contributed by atoms with Gasteiger partial charge in [-0.2, -0.15) is 5.10 Å². The van der Waals surface area contributed by atoms with Crippen molar-refractivity contribution in [1.29, 1.82) is 0 Å². The molecule has 3 aromatic rings. The van der Waals surface area contributed by atoms with Gasteiger partial charge in [-0.3, -0.25) is 9.69 Å². The fraction of sp³-hybridized carbons (Fsp3) is 0.409. The molecule has 1 fully saturated rings. The van der Waals surface area contributed by atoms with Gasteiger partial charge >= 0.3 is 0 Å². The Hall–Kier alpha value is -2.77. The molecule has 152 valence electrons. The molecule has 1 atom stereocenters. The number of fused-ring (bicyclic) bond motifs is 1. The number of nitrogens with zero attached hydrogens (tertiary/aromatic N) is 4. The maximum Gasteiger partial charge on any atom is 0.256 e. The number of hydrogen-bond acceptors (Lipinski definition) is 5. The van der Waals surface area contributed by atoms with Gasteiger partial charge in [-0.25, -0.2) is 9.50 Å². The van der Waals surface area contributed by atoms with Crippen molar-refractivity contribution in [1.82, 2.24) is 24.8 Å². The molecule has 0 radical (unpaired) electrons. The monoisotopic (exact) mass is 393 g/mol. The molecule has 1 aromatic carbocycles. The second kappa shape index (κ2) is 8.71. The van der Waals surface area contributed by atoms with Crippen LogP contribution >= 0.6 is 0 Å². The Morgan fingerprint density at radius 3 is 2.66 bits per heavy atom. The SMILES string of the molecule is CC(C)C(CNC(=O)c1cnn2c(-c3ccccc3)ccnc12)N1CCOCC1. The number of nitrogens with one attached hydrogen (secondary N) is 1. The lowest BCUT2D eigenvalue weighted by atomic mass is 10.0. The Labute approximate surface area is 170 Å². The van der Waals surface area contributed by atoms with E-state index >= 15 is 0 Å². The van der Waals surface area contributed by atoms with E-state index in [1.165, 1.54) is 0 Å². The fourth-order valence-electron chi connectivity index (χ4n) is 3.87. The largest absolute Gasteiger partial charge is 0.379 e. The molecule has 0 saturated carbocycles. The molecule has 3 heterocycles. The molecular weight excluding hydrogens is 366 g/mol. The smallest absolute Gasteiger partial charge is 0.256 e. The number of ether oxygens (including phenoxy) is 1. The van der Waals surface area contributed by atoms with E-state index in [2.05, 4.69) is 34.1 Å². The van der Waals surface area contributed by atoms with Gasteiger partial charge in [-0.1, -0.05) is 44.2 Å². The van der Waals surface area contributed by atoms with Crippen molar-refractivity contribution in [2.45, 2.75) is 19.9 Å². The van der Waals surface area contributed by atoms with E-state index in [1.54, 1.807) is 16.9 Å². The lowest BCUT2D eigenvalue weighted by Crippen LogP contribution is -2.51. The van der Waals surface area contributed by atoms with Crippen molar-refractivity contribution >= 4 is 11.6 Å². The molecule has 0 aliphatic carbocycles. The molecule has 1 unspecified atom stereocenters. The van der Waals surface area contributed by atoms with Gasteiger partial charge in [0.25, 0.3) is 5.91 Å². The fourth-order valence-corrected chi connectivity index (χ4v) is 3.87. The number of amides is 1. The molecule has 7 heteroatoms. The van der Waals surface area contributed by atoms with Crippen molar-refractivity contribution in [3.05, 3.63) is 54.4 Å². The Bertz CT molecular complexity index is 964. The van der Waals surface area contributed by atoms with Gasteiger partial charge in [0.05, 0.1) is 25.1 Å². The Balaban J connectivity index is 1.53. The number of benzene rings is 1. The number of hydrogen-bond donors (Lipinski definition) is 1. The summed E-state index contributed by atoms with van der Waals surface area (Å²) in [6.45, 7) is 8.26. The van der Waals surface area contributed by atoms with Gasteiger partial charge in [0.1, 0.15) is 5.56 Å².